The van der Waals surface area contributed by atoms with Crippen molar-refractivity contribution >= 4 is 224 Å². The highest BCUT2D eigenvalue weighted by molar-refractivity contribution is 8.35. The van der Waals surface area contributed by atoms with E-state index in [1.807, 2.05) is 64.9 Å². The van der Waals surface area contributed by atoms with Gasteiger partial charge in [-0.1, -0.05) is 188 Å². The Bertz CT molecular complexity index is 3150. The molecule has 29 heteroatoms. The van der Waals surface area contributed by atoms with Crippen molar-refractivity contribution in [3.05, 3.63) is 206 Å². The molecule has 1 N–H and O–H groups in total. The van der Waals surface area contributed by atoms with Gasteiger partial charge in [0, 0.05) is 19.6 Å². The van der Waals surface area contributed by atoms with Gasteiger partial charge in [0.2, 0.25) is 0 Å². The molecule has 0 radical (unpaired) electrons. The highest BCUT2D eigenvalue weighted by Crippen LogP contribution is 2.56. The third kappa shape index (κ3) is 15.8. The molecule has 0 atom stereocenters. The van der Waals surface area contributed by atoms with Gasteiger partial charge >= 0.3 is 35.8 Å². The molecular weight excluding hydrogens is 1350 g/mol. The second-order valence-electron chi connectivity index (χ2n) is 15.9. The minimum atomic E-state index is -1.09. The number of ether oxygens (including phenoxy) is 6. The monoisotopic (exact) mass is 1370 g/mol. The summed E-state index contributed by atoms with van der Waals surface area (Å²) in [6.07, 6.45) is 0. The molecule has 3 aromatic carbocycles. The molecule has 0 amide bonds. The number of aromatic hydroxyl groups is 1. The van der Waals surface area contributed by atoms with E-state index in [1.54, 1.807) is 94.1 Å². The van der Waals surface area contributed by atoms with Crippen LogP contribution in [0.3, 0.4) is 0 Å². The fourth-order valence-corrected chi connectivity index (χ4v) is 24.4. The molecule has 0 fully saturated rings. The first kappa shape index (κ1) is 59.5. The average Bonchev–Trinajstić information content (AvgIpc) is 4.38. The highest BCUT2D eigenvalue weighted by atomic mass is 32.2. The summed E-state index contributed by atoms with van der Waals surface area (Å²) in [4.78, 5) is 85.9. The van der Waals surface area contributed by atoms with Gasteiger partial charge in [0.1, 0.15) is 43.7 Å². The minimum Gasteiger partial charge on any atom is -0.508 e. The molecule has 13 nitrogen and oxygen atoms in total. The molecule has 0 saturated heterocycles. The molecule has 81 heavy (non-hydrogen) atoms. The van der Waals surface area contributed by atoms with Crippen LogP contribution in [0, 0.1) is 0 Å². The molecule has 0 spiro atoms. The molecule has 8 aliphatic heterocycles. The molecule has 0 saturated carbocycles. The lowest BCUT2D eigenvalue weighted by molar-refractivity contribution is 0.0525. The molecule has 0 bridgehead atoms. The lowest BCUT2D eigenvalue weighted by Crippen LogP contribution is -2.15. The van der Waals surface area contributed by atoms with Crippen molar-refractivity contribution in [1.29, 1.82) is 0 Å². The van der Waals surface area contributed by atoms with Crippen LogP contribution in [0.15, 0.2) is 173 Å². The Labute approximate surface area is 530 Å². The highest BCUT2D eigenvalue weighted by Gasteiger charge is 2.28. The van der Waals surface area contributed by atoms with E-state index >= 15 is 0 Å². The summed E-state index contributed by atoms with van der Waals surface area (Å²) >= 11 is 25.0. The van der Waals surface area contributed by atoms with E-state index in [-0.39, 0.29) is 71.3 Å². The van der Waals surface area contributed by atoms with Crippen LogP contribution in [0.4, 0.5) is 0 Å². The van der Waals surface area contributed by atoms with Gasteiger partial charge < -0.3 is 33.5 Å². The van der Waals surface area contributed by atoms with Crippen molar-refractivity contribution in [1.82, 2.24) is 0 Å². The summed E-state index contributed by atoms with van der Waals surface area (Å²) in [6.45, 7) is -0.239. The SMILES string of the molecule is O=C(OCC1=CSC(=C2SC=CS2)S1)c1cc(OC(=O)c2cc(O)cc(C(=O)Oc3cc(C(=O)OCC4=CSC(=C5SC=CS5)S4)cc(C(=O)OCC4=CSC(=C5SC=CS5)S4)c3)c2)cc(C(=O)OCC2=CSC(=C3SC=CS3)S2)c1. The molecule has 412 valence electrons. The van der Waals surface area contributed by atoms with E-state index in [0.717, 1.165) is 71.7 Å². The fourth-order valence-electron chi connectivity index (χ4n) is 6.82. The number of rotatable bonds is 16. The Balaban J connectivity index is 0.789. The normalized spacial score (nSPS) is 18.0. The first-order chi connectivity index (χ1) is 39.4. The van der Waals surface area contributed by atoms with Gasteiger partial charge in [-0.2, -0.15) is 0 Å². The molecule has 0 unspecified atom stereocenters. The summed E-state index contributed by atoms with van der Waals surface area (Å²) < 4.78 is 43.0. The Morgan fingerprint density at radius 3 is 0.778 bits per heavy atom. The van der Waals surface area contributed by atoms with Gasteiger partial charge in [0.05, 0.1) is 67.3 Å². The molecule has 0 aliphatic carbocycles. The Hall–Kier alpha value is -3.24. The zero-order valence-corrected chi connectivity index (χ0v) is 53.4. The number of phenolic OH excluding ortho intramolecular Hbond substituents is 1. The second kappa shape index (κ2) is 28.3. The van der Waals surface area contributed by atoms with Crippen LogP contribution in [0.1, 0.15) is 62.1 Å². The van der Waals surface area contributed by atoms with Gasteiger partial charge in [0.15, 0.2) is 0 Å². The molecule has 11 rings (SSSR count). The van der Waals surface area contributed by atoms with Crippen molar-refractivity contribution in [2.24, 2.45) is 0 Å². The van der Waals surface area contributed by atoms with Gasteiger partial charge in [-0.25, -0.2) is 28.8 Å². The van der Waals surface area contributed by atoms with Crippen LogP contribution in [-0.2, 0) is 18.9 Å². The maximum Gasteiger partial charge on any atom is 0.343 e. The van der Waals surface area contributed by atoms with E-state index in [2.05, 4.69) is 0 Å². The fraction of sp³-hybridized carbons (Fsp3) is 0.0769. The number of benzene rings is 3. The van der Waals surface area contributed by atoms with E-state index < -0.39 is 41.6 Å². The van der Waals surface area contributed by atoms with Crippen LogP contribution < -0.4 is 9.47 Å². The van der Waals surface area contributed by atoms with E-state index in [4.69, 9.17) is 28.4 Å². The number of phenols is 1. The predicted molar refractivity (Wildman–Crippen MR) is 350 cm³/mol. The first-order valence-electron chi connectivity index (χ1n) is 22.7. The topological polar surface area (TPSA) is 178 Å². The van der Waals surface area contributed by atoms with Crippen LogP contribution in [-0.4, -0.2) is 67.3 Å². The number of esters is 6. The van der Waals surface area contributed by atoms with Crippen LogP contribution in [0.5, 0.6) is 17.2 Å². The number of hydrogen-bond donors (Lipinski definition) is 1. The zero-order valence-electron chi connectivity index (χ0n) is 40.3. The maximum atomic E-state index is 14.0. The molecule has 0 aromatic heterocycles. The Morgan fingerprint density at radius 1 is 0.296 bits per heavy atom. The number of carbonyl (C=O) groups is 6. The molecular formula is C52H30O13S16. The van der Waals surface area contributed by atoms with Crippen molar-refractivity contribution in [3.8, 4) is 17.2 Å². The first-order valence-corrected chi connectivity index (χ1v) is 36.6. The third-order valence-electron chi connectivity index (χ3n) is 10.3. The van der Waals surface area contributed by atoms with Crippen molar-refractivity contribution in [2.75, 3.05) is 26.4 Å². The van der Waals surface area contributed by atoms with Crippen molar-refractivity contribution < 1.29 is 62.3 Å². The maximum absolute atomic E-state index is 14.0. The summed E-state index contributed by atoms with van der Waals surface area (Å²) in [5.74, 6) is -6.43. The summed E-state index contributed by atoms with van der Waals surface area (Å²) in [7, 11) is 0. The summed E-state index contributed by atoms with van der Waals surface area (Å²) in [5, 5.41) is 34.5. The van der Waals surface area contributed by atoms with E-state index in [9.17, 15) is 33.9 Å². The lowest BCUT2D eigenvalue weighted by atomic mass is 10.1. The zero-order chi connectivity index (χ0) is 55.8. The van der Waals surface area contributed by atoms with Crippen molar-refractivity contribution in [2.45, 2.75) is 0 Å². The average molecular weight is 1380 g/mol. The summed E-state index contributed by atoms with van der Waals surface area (Å²) in [6, 6.07) is 10.7. The Morgan fingerprint density at radius 2 is 0.531 bits per heavy atom. The predicted octanol–water partition coefficient (Wildman–Crippen LogP) is 18.1. The van der Waals surface area contributed by atoms with Crippen LogP contribution in [0.25, 0.3) is 0 Å². The van der Waals surface area contributed by atoms with Crippen molar-refractivity contribution in [3.63, 3.8) is 0 Å². The molecule has 3 aromatic rings. The molecule has 8 aliphatic rings. The van der Waals surface area contributed by atoms with Crippen LogP contribution >= 0.6 is 188 Å². The third-order valence-corrected chi connectivity index (χ3v) is 30.5. The standard InChI is InChI=1S/C52H30O13S16/c53-32-12-26(43(58)64-33-14-28(39(54)60-18-35-22-74-49(78-35)45-66-1-2-67-45)10-29(15-33)40(55)61-19-36-23-75-50(79-36)46-68-3-4-69-46)9-27(13-32)44(59)65-34-16-30(41(56)62-20-37-24-76-51(80-37)47-70-5-6-71-47)11-31(17-34)42(57)63-21-38-25-77-52(81-38)48-72-7-8-73-48/h1-17,22-25,53H,18-21H2. The summed E-state index contributed by atoms with van der Waals surface area (Å²) in [5.41, 5.74) is -1.11. The largest absolute Gasteiger partial charge is 0.508 e. The van der Waals surface area contributed by atoms with E-state index in [1.165, 1.54) is 130 Å². The number of thioether (sulfide) groups is 16. The lowest BCUT2D eigenvalue weighted by Gasteiger charge is -2.12. The van der Waals surface area contributed by atoms with Crippen LogP contribution in [0.2, 0.25) is 0 Å². The smallest absolute Gasteiger partial charge is 0.343 e. The quantitative estimate of drug-likeness (QED) is 0.0812. The minimum absolute atomic E-state index is 0.0597. The van der Waals surface area contributed by atoms with Gasteiger partial charge in [-0.05, 0) is 119 Å². The van der Waals surface area contributed by atoms with Gasteiger partial charge in [-0.3, -0.25) is 0 Å². The van der Waals surface area contributed by atoms with Gasteiger partial charge in [0.25, 0.3) is 0 Å². The van der Waals surface area contributed by atoms with E-state index in [0.29, 0.717) is 0 Å². The van der Waals surface area contributed by atoms with Gasteiger partial charge in [-0.15, -0.1) is 0 Å². The molecule has 8 heterocycles. The second-order valence-corrected chi connectivity index (χ2v) is 33.4. The number of hydrogen-bond acceptors (Lipinski definition) is 29. The Kier molecular flexibility index (Phi) is 20.8. The number of carbonyl (C=O) groups excluding carboxylic acids is 6.